The van der Waals surface area contributed by atoms with Crippen LogP contribution in [-0.2, 0) is 22.4 Å². The molecule has 1 amide bonds. The molecule has 0 bridgehead atoms. The lowest BCUT2D eigenvalue weighted by molar-refractivity contribution is -0.139. The topological polar surface area (TPSA) is 75.6 Å². The molecule has 0 radical (unpaired) electrons. The van der Waals surface area contributed by atoms with Crippen LogP contribution < -0.4 is 10.1 Å². The van der Waals surface area contributed by atoms with Crippen LogP contribution in [0.25, 0.3) is 0 Å². The fourth-order valence-electron chi connectivity index (χ4n) is 2.66. The molecule has 0 aromatic heterocycles. The monoisotopic (exact) mass is 355 g/mol. The van der Waals surface area contributed by atoms with E-state index >= 15 is 0 Å². The van der Waals surface area contributed by atoms with Gasteiger partial charge in [-0.1, -0.05) is 38.1 Å². The third-order valence-electron chi connectivity index (χ3n) is 3.87. The quantitative estimate of drug-likeness (QED) is 0.754. The summed E-state index contributed by atoms with van der Waals surface area (Å²) in [5.74, 6) is -0.0541. The maximum atomic E-state index is 12.3. The van der Waals surface area contributed by atoms with Crippen molar-refractivity contribution in [2.24, 2.45) is 5.92 Å². The highest BCUT2D eigenvalue weighted by Gasteiger charge is 2.08. The molecule has 0 heterocycles. The normalized spacial score (nSPS) is 10.6. The zero-order valence-electron chi connectivity index (χ0n) is 15.4. The van der Waals surface area contributed by atoms with E-state index in [1.807, 2.05) is 19.1 Å². The lowest BCUT2D eigenvalue weighted by atomic mass is 10.0. The second kappa shape index (κ2) is 9.04. The Balaban J connectivity index is 1.93. The smallest absolute Gasteiger partial charge is 0.341 e. The molecule has 0 atom stereocenters. The summed E-state index contributed by atoms with van der Waals surface area (Å²) in [6, 6.07) is 13.2. The zero-order valence-corrected chi connectivity index (χ0v) is 15.4. The van der Waals surface area contributed by atoms with Crippen molar-refractivity contribution in [3.8, 4) is 5.75 Å². The first-order valence-corrected chi connectivity index (χ1v) is 8.66. The lowest BCUT2D eigenvalue weighted by Gasteiger charge is -2.11. The van der Waals surface area contributed by atoms with Crippen LogP contribution >= 0.6 is 0 Å². The van der Waals surface area contributed by atoms with Crippen LogP contribution in [-0.4, -0.2) is 23.6 Å². The van der Waals surface area contributed by atoms with Gasteiger partial charge in [0.1, 0.15) is 5.75 Å². The highest BCUT2D eigenvalue weighted by Crippen LogP contribution is 2.21. The summed E-state index contributed by atoms with van der Waals surface area (Å²) in [4.78, 5) is 22.8. The maximum Gasteiger partial charge on any atom is 0.341 e. The molecule has 2 aromatic carbocycles. The van der Waals surface area contributed by atoms with Gasteiger partial charge in [-0.25, -0.2) is 4.79 Å². The SMILES string of the molecule is Cc1cc(OCC(=O)O)ccc1NC(=O)Cc1ccc(CC(C)C)cc1. The molecule has 5 heteroatoms. The Bertz CT molecular complexity index is 766. The summed E-state index contributed by atoms with van der Waals surface area (Å²) >= 11 is 0. The molecular formula is C21H25NO4. The third-order valence-corrected chi connectivity index (χ3v) is 3.87. The standard InChI is InChI=1S/C21H25NO4/c1-14(2)10-16-4-6-17(7-5-16)12-20(23)22-19-9-8-18(11-15(19)3)26-13-21(24)25/h4-9,11,14H,10,12-13H2,1-3H3,(H,22,23)(H,24,25). The van der Waals surface area contributed by atoms with Crippen molar-refractivity contribution < 1.29 is 19.4 Å². The summed E-state index contributed by atoms with van der Waals surface area (Å²) in [6.45, 7) is 5.81. The van der Waals surface area contributed by atoms with Gasteiger partial charge in [-0.15, -0.1) is 0 Å². The minimum Gasteiger partial charge on any atom is -0.482 e. The van der Waals surface area contributed by atoms with Gasteiger partial charge < -0.3 is 15.2 Å². The molecule has 0 fully saturated rings. The second-order valence-electron chi connectivity index (χ2n) is 6.80. The van der Waals surface area contributed by atoms with Crippen LogP contribution in [0.15, 0.2) is 42.5 Å². The molecule has 0 spiro atoms. The minimum absolute atomic E-state index is 0.0936. The van der Waals surface area contributed by atoms with Gasteiger partial charge >= 0.3 is 5.97 Å². The number of aliphatic carboxylic acids is 1. The summed E-state index contributed by atoms with van der Waals surface area (Å²) in [5.41, 5.74) is 3.74. The Morgan fingerprint density at radius 3 is 2.31 bits per heavy atom. The van der Waals surface area contributed by atoms with Crippen molar-refractivity contribution in [3.63, 3.8) is 0 Å². The summed E-state index contributed by atoms with van der Waals surface area (Å²) in [5, 5.41) is 11.5. The van der Waals surface area contributed by atoms with Gasteiger partial charge in [0, 0.05) is 5.69 Å². The number of nitrogens with one attached hydrogen (secondary N) is 1. The molecule has 5 nitrogen and oxygen atoms in total. The van der Waals surface area contributed by atoms with E-state index in [0.29, 0.717) is 23.8 Å². The Morgan fingerprint density at radius 2 is 1.73 bits per heavy atom. The Kier molecular flexibility index (Phi) is 6.78. The molecule has 2 N–H and O–H groups in total. The van der Waals surface area contributed by atoms with Crippen molar-refractivity contribution >= 4 is 17.6 Å². The molecule has 26 heavy (non-hydrogen) atoms. The number of benzene rings is 2. The molecule has 0 unspecified atom stereocenters. The number of hydrogen-bond donors (Lipinski definition) is 2. The van der Waals surface area contributed by atoms with Gasteiger partial charge in [0.05, 0.1) is 6.42 Å². The fraction of sp³-hybridized carbons (Fsp3) is 0.333. The molecule has 0 aliphatic carbocycles. The first kappa shape index (κ1) is 19.5. The lowest BCUT2D eigenvalue weighted by Crippen LogP contribution is -2.15. The first-order valence-electron chi connectivity index (χ1n) is 8.66. The summed E-state index contributed by atoms with van der Waals surface area (Å²) in [6.07, 6.45) is 1.33. The highest BCUT2D eigenvalue weighted by molar-refractivity contribution is 5.93. The molecular weight excluding hydrogens is 330 g/mol. The van der Waals surface area contributed by atoms with E-state index in [9.17, 15) is 9.59 Å². The van der Waals surface area contributed by atoms with Crippen LogP contribution in [0.4, 0.5) is 5.69 Å². The number of carboxylic acid groups (broad SMARTS) is 1. The largest absolute Gasteiger partial charge is 0.482 e. The van der Waals surface area contributed by atoms with Gasteiger partial charge in [-0.3, -0.25) is 4.79 Å². The number of aryl methyl sites for hydroxylation is 1. The molecule has 0 saturated carbocycles. The van der Waals surface area contributed by atoms with Gasteiger partial charge in [0.2, 0.25) is 5.91 Å². The molecule has 2 aromatic rings. The number of carbonyl (C=O) groups is 2. The number of amides is 1. The predicted molar refractivity (Wildman–Crippen MR) is 102 cm³/mol. The van der Waals surface area contributed by atoms with Crippen molar-refractivity contribution in [2.45, 2.75) is 33.6 Å². The number of hydrogen-bond acceptors (Lipinski definition) is 3. The summed E-state index contributed by atoms with van der Waals surface area (Å²) in [7, 11) is 0. The van der Waals surface area contributed by atoms with Gasteiger partial charge in [-0.05, 0) is 54.2 Å². The Labute approximate surface area is 154 Å². The van der Waals surface area contributed by atoms with Crippen LogP contribution in [0.5, 0.6) is 5.75 Å². The number of carboxylic acids is 1. The molecule has 138 valence electrons. The van der Waals surface area contributed by atoms with E-state index < -0.39 is 12.6 Å². The average Bonchev–Trinajstić information content (AvgIpc) is 2.56. The van der Waals surface area contributed by atoms with Crippen LogP contribution in [0.2, 0.25) is 0 Å². The average molecular weight is 355 g/mol. The van der Waals surface area contributed by atoms with E-state index in [0.717, 1.165) is 17.5 Å². The summed E-state index contributed by atoms with van der Waals surface area (Å²) < 4.78 is 5.13. The third kappa shape index (κ3) is 6.24. The van der Waals surface area contributed by atoms with Crippen molar-refractivity contribution in [3.05, 3.63) is 59.2 Å². The van der Waals surface area contributed by atoms with Crippen molar-refractivity contribution in [1.82, 2.24) is 0 Å². The minimum atomic E-state index is -1.03. The highest BCUT2D eigenvalue weighted by atomic mass is 16.5. The van der Waals surface area contributed by atoms with Crippen LogP contribution in [0, 0.1) is 12.8 Å². The molecule has 0 saturated heterocycles. The zero-order chi connectivity index (χ0) is 19.1. The number of rotatable bonds is 8. The van der Waals surface area contributed by atoms with Crippen molar-refractivity contribution in [2.75, 3.05) is 11.9 Å². The molecule has 2 rings (SSSR count). The van der Waals surface area contributed by atoms with E-state index in [-0.39, 0.29) is 5.91 Å². The second-order valence-corrected chi connectivity index (χ2v) is 6.80. The first-order chi connectivity index (χ1) is 12.3. The predicted octanol–water partition coefficient (Wildman–Crippen LogP) is 3.84. The van der Waals surface area contributed by atoms with E-state index in [1.165, 1.54) is 5.56 Å². The van der Waals surface area contributed by atoms with Crippen LogP contribution in [0.3, 0.4) is 0 Å². The van der Waals surface area contributed by atoms with E-state index in [2.05, 4.69) is 31.3 Å². The van der Waals surface area contributed by atoms with E-state index in [1.54, 1.807) is 18.2 Å². The van der Waals surface area contributed by atoms with Gasteiger partial charge in [0.25, 0.3) is 0 Å². The number of ether oxygens (including phenoxy) is 1. The van der Waals surface area contributed by atoms with Crippen LogP contribution in [0.1, 0.15) is 30.5 Å². The van der Waals surface area contributed by atoms with Gasteiger partial charge in [-0.2, -0.15) is 0 Å². The van der Waals surface area contributed by atoms with Gasteiger partial charge in [0.15, 0.2) is 6.61 Å². The maximum absolute atomic E-state index is 12.3. The Hall–Kier alpha value is -2.82. The molecule has 0 aliphatic rings. The fourth-order valence-corrected chi connectivity index (χ4v) is 2.66. The number of carbonyl (C=O) groups excluding carboxylic acids is 1. The van der Waals surface area contributed by atoms with E-state index in [4.69, 9.17) is 9.84 Å². The Morgan fingerprint density at radius 1 is 1.08 bits per heavy atom. The van der Waals surface area contributed by atoms with Crippen molar-refractivity contribution in [1.29, 1.82) is 0 Å². The molecule has 0 aliphatic heterocycles. The number of anilines is 1.